The van der Waals surface area contributed by atoms with Crippen LogP contribution in [0.25, 0.3) is 0 Å². The number of nitrogens with zero attached hydrogens (tertiary/aromatic N) is 1. The largest absolute Gasteiger partial charge is 0.497 e. The molecule has 8 nitrogen and oxygen atoms in total. The molecule has 0 atom stereocenters. The lowest BCUT2D eigenvalue weighted by Gasteiger charge is -2.22. The highest BCUT2D eigenvalue weighted by Crippen LogP contribution is 2.14. The van der Waals surface area contributed by atoms with E-state index in [0.29, 0.717) is 37.4 Å². The summed E-state index contributed by atoms with van der Waals surface area (Å²) in [6.07, 6.45) is 7.69. The van der Waals surface area contributed by atoms with Gasteiger partial charge >= 0.3 is 0 Å². The van der Waals surface area contributed by atoms with Crippen molar-refractivity contribution in [3.05, 3.63) is 24.3 Å². The van der Waals surface area contributed by atoms with Crippen LogP contribution in [0.5, 0.6) is 5.75 Å². The number of nitrogens with one attached hydrogen (secondary N) is 2. The zero-order valence-electron chi connectivity index (χ0n) is 19.8. The molecule has 0 heterocycles. The number of anilines is 1. The molecule has 1 aromatic rings. The van der Waals surface area contributed by atoms with Crippen molar-refractivity contribution in [2.45, 2.75) is 58.3 Å². The van der Waals surface area contributed by atoms with Gasteiger partial charge in [-0.25, -0.2) is 0 Å². The van der Waals surface area contributed by atoms with Crippen LogP contribution in [0.15, 0.2) is 24.3 Å². The first kappa shape index (κ1) is 27.4. The number of rotatable bonds is 17. The first-order valence-electron chi connectivity index (χ1n) is 11.5. The summed E-state index contributed by atoms with van der Waals surface area (Å²) in [5, 5.41) is 5.30. The van der Waals surface area contributed by atoms with E-state index in [-0.39, 0.29) is 30.8 Å². The number of carbonyl (C=O) groups excluding carboxylic acids is 3. The Kier molecular flexibility index (Phi) is 14.6. The summed E-state index contributed by atoms with van der Waals surface area (Å²) in [7, 11) is 3.18. The molecule has 8 heteroatoms. The molecule has 0 saturated heterocycles. The summed E-state index contributed by atoms with van der Waals surface area (Å²) >= 11 is 0. The van der Waals surface area contributed by atoms with E-state index in [9.17, 15) is 14.4 Å². The second-order valence-electron chi connectivity index (χ2n) is 7.73. The number of ether oxygens (including phenoxy) is 2. The van der Waals surface area contributed by atoms with Crippen molar-refractivity contribution >= 4 is 23.4 Å². The second kappa shape index (κ2) is 17.0. The van der Waals surface area contributed by atoms with E-state index in [2.05, 4.69) is 17.6 Å². The highest BCUT2D eigenvalue weighted by molar-refractivity contribution is 5.95. The molecule has 180 valence electrons. The lowest BCUT2D eigenvalue weighted by atomic mass is 10.1. The minimum absolute atomic E-state index is 0.0329. The normalized spacial score (nSPS) is 10.5. The molecule has 1 aromatic carbocycles. The quantitative estimate of drug-likeness (QED) is 0.356. The first-order chi connectivity index (χ1) is 15.5. The predicted octanol–water partition coefficient (Wildman–Crippen LogP) is 3.37. The van der Waals surface area contributed by atoms with E-state index in [1.54, 1.807) is 43.4 Å². The Morgan fingerprint density at radius 1 is 0.906 bits per heavy atom. The van der Waals surface area contributed by atoms with Crippen LogP contribution in [-0.4, -0.2) is 63.1 Å². The molecule has 0 aliphatic rings. The molecule has 32 heavy (non-hydrogen) atoms. The fourth-order valence-electron chi connectivity index (χ4n) is 3.19. The lowest BCUT2D eigenvalue weighted by Crippen LogP contribution is -2.43. The van der Waals surface area contributed by atoms with Crippen LogP contribution in [-0.2, 0) is 19.1 Å². The minimum Gasteiger partial charge on any atom is -0.497 e. The topological polar surface area (TPSA) is 97.0 Å². The summed E-state index contributed by atoms with van der Waals surface area (Å²) < 4.78 is 10.1. The van der Waals surface area contributed by atoms with Gasteiger partial charge in [-0.2, -0.15) is 0 Å². The van der Waals surface area contributed by atoms with Crippen LogP contribution in [0.1, 0.15) is 58.3 Å². The fraction of sp³-hybridized carbons (Fsp3) is 0.625. The number of hydrogen-bond acceptors (Lipinski definition) is 5. The van der Waals surface area contributed by atoms with Crippen molar-refractivity contribution in [3.63, 3.8) is 0 Å². The van der Waals surface area contributed by atoms with E-state index in [4.69, 9.17) is 9.47 Å². The Morgan fingerprint density at radius 2 is 1.59 bits per heavy atom. The van der Waals surface area contributed by atoms with Crippen LogP contribution in [0, 0.1) is 0 Å². The third-order valence-electron chi connectivity index (χ3n) is 5.03. The summed E-state index contributed by atoms with van der Waals surface area (Å²) in [4.78, 5) is 38.6. The van der Waals surface area contributed by atoms with Gasteiger partial charge in [0, 0.05) is 32.4 Å². The maximum absolute atomic E-state index is 12.6. The van der Waals surface area contributed by atoms with Gasteiger partial charge in [0.1, 0.15) is 5.75 Å². The molecule has 0 radical (unpaired) electrons. The maximum atomic E-state index is 12.6. The maximum Gasteiger partial charge on any atom is 0.243 e. The van der Waals surface area contributed by atoms with Crippen LogP contribution in [0.4, 0.5) is 5.69 Å². The lowest BCUT2D eigenvalue weighted by molar-refractivity contribution is -0.136. The number of carbonyl (C=O) groups is 3. The van der Waals surface area contributed by atoms with Crippen LogP contribution >= 0.6 is 0 Å². The molecular formula is C24H39N3O5. The van der Waals surface area contributed by atoms with Gasteiger partial charge < -0.3 is 25.0 Å². The Morgan fingerprint density at radius 3 is 2.25 bits per heavy atom. The summed E-state index contributed by atoms with van der Waals surface area (Å²) in [5.74, 6) is -0.0404. The molecular weight excluding hydrogens is 410 g/mol. The average Bonchev–Trinajstić information content (AvgIpc) is 2.79. The van der Waals surface area contributed by atoms with E-state index in [1.165, 1.54) is 19.3 Å². The van der Waals surface area contributed by atoms with Gasteiger partial charge in [0.15, 0.2) is 0 Å². The molecule has 1 rings (SSSR count). The van der Waals surface area contributed by atoms with E-state index in [1.807, 2.05) is 0 Å². The third kappa shape index (κ3) is 12.3. The molecule has 0 spiro atoms. The van der Waals surface area contributed by atoms with E-state index >= 15 is 0 Å². The van der Waals surface area contributed by atoms with Gasteiger partial charge in [0.05, 0.1) is 20.2 Å². The van der Waals surface area contributed by atoms with Crippen molar-refractivity contribution in [1.82, 2.24) is 10.2 Å². The number of benzene rings is 1. The van der Waals surface area contributed by atoms with Gasteiger partial charge in [0.25, 0.3) is 0 Å². The number of hydrogen-bond donors (Lipinski definition) is 2. The molecule has 3 amide bonds. The van der Waals surface area contributed by atoms with Gasteiger partial charge in [-0.1, -0.05) is 39.0 Å². The smallest absolute Gasteiger partial charge is 0.243 e. The van der Waals surface area contributed by atoms with Crippen molar-refractivity contribution in [1.29, 1.82) is 0 Å². The SMILES string of the molecule is CCCCCCCCC(=O)N(CCCOC)CC(=O)NCC(=O)Nc1ccc(OC)cc1. The Bertz CT molecular complexity index is 679. The molecule has 0 bridgehead atoms. The zero-order chi connectivity index (χ0) is 23.6. The molecule has 2 N–H and O–H groups in total. The van der Waals surface area contributed by atoms with Crippen LogP contribution in [0.2, 0.25) is 0 Å². The average molecular weight is 450 g/mol. The third-order valence-corrected chi connectivity index (χ3v) is 5.03. The monoisotopic (exact) mass is 449 g/mol. The number of unbranched alkanes of at least 4 members (excludes halogenated alkanes) is 5. The Balaban J connectivity index is 2.42. The van der Waals surface area contributed by atoms with Crippen LogP contribution < -0.4 is 15.4 Å². The van der Waals surface area contributed by atoms with E-state index < -0.39 is 0 Å². The molecule has 0 unspecified atom stereocenters. The standard InChI is InChI=1S/C24H39N3O5/c1-4-5-6-7-8-9-11-24(30)27(16-10-17-31-2)19-23(29)25-18-22(28)26-20-12-14-21(32-3)15-13-20/h12-15H,4-11,16-19H2,1-3H3,(H,25,29)(H,26,28). The summed E-state index contributed by atoms with van der Waals surface area (Å²) in [5.41, 5.74) is 0.611. The first-order valence-corrected chi connectivity index (χ1v) is 11.5. The van der Waals surface area contributed by atoms with Gasteiger partial charge in [-0.3, -0.25) is 14.4 Å². The number of methoxy groups -OCH3 is 2. The number of amides is 3. The minimum atomic E-state index is -0.358. The Hall–Kier alpha value is -2.61. The Labute approximate surface area is 192 Å². The van der Waals surface area contributed by atoms with Gasteiger partial charge in [-0.15, -0.1) is 0 Å². The molecule has 0 aliphatic carbocycles. The van der Waals surface area contributed by atoms with Crippen molar-refractivity contribution in [2.24, 2.45) is 0 Å². The predicted molar refractivity (Wildman–Crippen MR) is 126 cm³/mol. The van der Waals surface area contributed by atoms with Gasteiger partial charge in [-0.05, 0) is 37.1 Å². The van der Waals surface area contributed by atoms with Gasteiger partial charge in [0.2, 0.25) is 17.7 Å². The summed E-state index contributed by atoms with van der Waals surface area (Å²) in [6.45, 7) is 2.92. The highest BCUT2D eigenvalue weighted by Gasteiger charge is 2.17. The molecule has 0 aromatic heterocycles. The van der Waals surface area contributed by atoms with E-state index in [0.717, 1.165) is 19.3 Å². The highest BCUT2D eigenvalue weighted by atomic mass is 16.5. The van der Waals surface area contributed by atoms with Crippen molar-refractivity contribution in [3.8, 4) is 5.75 Å². The fourth-order valence-corrected chi connectivity index (χ4v) is 3.19. The van der Waals surface area contributed by atoms with Crippen LogP contribution in [0.3, 0.4) is 0 Å². The van der Waals surface area contributed by atoms with Crippen molar-refractivity contribution < 1.29 is 23.9 Å². The van der Waals surface area contributed by atoms with Crippen molar-refractivity contribution in [2.75, 3.05) is 45.8 Å². The molecule has 0 saturated carbocycles. The summed E-state index contributed by atoms with van der Waals surface area (Å²) in [6, 6.07) is 6.91. The molecule has 0 aliphatic heterocycles. The molecule has 0 fully saturated rings. The zero-order valence-corrected chi connectivity index (χ0v) is 19.8. The second-order valence-corrected chi connectivity index (χ2v) is 7.73.